The van der Waals surface area contributed by atoms with E-state index in [1.165, 1.54) is 51.4 Å². The molecule has 3 aliphatic rings. The number of ether oxygens (including phenoxy) is 1. The summed E-state index contributed by atoms with van der Waals surface area (Å²) in [5.74, 6) is 3.01. The SMILES string of the molecule is NC(CCCC1CCCO1)C1CC2CC2C1. The lowest BCUT2D eigenvalue weighted by atomic mass is 9.91. The van der Waals surface area contributed by atoms with Gasteiger partial charge in [0.2, 0.25) is 0 Å². The molecule has 1 heterocycles. The lowest BCUT2D eigenvalue weighted by Crippen LogP contribution is -2.29. The Balaban J connectivity index is 1.32. The normalized spacial score (nSPS) is 43.3. The molecule has 4 atom stereocenters. The smallest absolute Gasteiger partial charge is 0.0576 e. The van der Waals surface area contributed by atoms with Crippen LogP contribution in [-0.2, 0) is 4.74 Å². The van der Waals surface area contributed by atoms with Crippen LogP contribution in [0.25, 0.3) is 0 Å². The van der Waals surface area contributed by atoms with Gasteiger partial charge in [-0.15, -0.1) is 0 Å². The van der Waals surface area contributed by atoms with Gasteiger partial charge in [-0.25, -0.2) is 0 Å². The summed E-state index contributed by atoms with van der Waals surface area (Å²) >= 11 is 0. The Bertz CT molecular complexity index is 227. The van der Waals surface area contributed by atoms with E-state index in [1.54, 1.807) is 0 Å². The van der Waals surface area contributed by atoms with Gasteiger partial charge in [-0.2, -0.15) is 0 Å². The molecule has 2 saturated carbocycles. The second kappa shape index (κ2) is 4.66. The fraction of sp³-hybridized carbons (Fsp3) is 1.00. The van der Waals surface area contributed by atoms with Gasteiger partial charge in [0, 0.05) is 12.6 Å². The Morgan fingerprint density at radius 2 is 2.00 bits per heavy atom. The molecule has 2 aliphatic carbocycles. The number of hydrogen-bond acceptors (Lipinski definition) is 2. The first-order chi connectivity index (χ1) is 7.83. The maximum atomic E-state index is 6.31. The first kappa shape index (κ1) is 11.0. The van der Waals surface area contributed by atoms with Gasteiger partial charge in [0.25, 0.3) is 0 Å². The zero-order valence-electron chi connectivity index (χ0n) is 10.2. The largest absolute Gasteiger partial charge is 0.378 e. The van der Waals surface area contributed by atoms with Gasteiger partial charge < -0.3 is 10.5 Å². The highest BCUT2D eigenvalue weighted by Gasteiger charge is 2.46. The van der Waals surface area contributed by atoms with Crippen molar-refractivity contribution in [3.05, 3.63) is 0 Å². The van der Waals surface area contributed by atoms with Gasteiger partial charge in [-0.1, -0.05) is 0 Å². The Labute approximate surface area is 98.9 Å². The number of fused-ring (bicyclic) bond motifs is 1. The lowest BCUT2D eigenvalue weighted by molar-refractivity contribution is 0.101. The van der Waals surface area contributed by atoms with Crippen molar-refractivity contribution in [3.8, 4) is 0 Å². The molecule has 2 nitrogen and oxygen atoms in total. The summed E-state index contributed by atoms with van der Waals surface area (Å²) in [4.78, 5) is 0. The highest BCUT2D eigenvalue weighted by Crippen LogP contribution is 2.55. The second-order valence-corrected chi connectivity index (χ2v) is 6.22. The number of rotatable bonds is 5. The Morgan fingerprint density at radius 1 is 1.19 bits per heavy atom. The van der Waals surface area contributed by atoms with Gasteiger partial charge in [0.15, 0.2) is 0 Å². The van der Waals surface area contributed by atoms with Gasteiger partial charge in [-0.05, 0) is 69.1 Å². The molecule has 1 aliphatic heterocycles. The molecule has 4 unspecified atom stereocenters. The highest BCUT2D eigenvalue weighted by molar-refractivity contribution is 4.98. The molecule has 2 N–H and O–H groups in total. The Morgan fingerprint density at radius 3 is 2.69 bits per heavy atom. The van der Waals surface area contributed by atoms with Crippen LogP contribution in [0, 0.1) is 17.8 Å². The van der Waals surface area contributed by atoms with E-state index in [0.29, 0.717) is 12.1 Å². The predicted octanol–water partition coefficient (Wildman–Crippen LogP) is 2.71. The van der Waals surface area contributed by atoms with Crippen molar-refractivity contribution in [2.45, 2.75) is 63.5 Å². The maximum Gasteiger partial charge on any atom is 0.0576 e. The molecule has 0 radical (unpaired) electrons. The lowest BCUT2D eigenvalue weighted by Gasteiger charge is -2.21. The number of nitrogens with two attached hydrogens (primary N) is 1. The zero-order valence-corrected chi connectivity index (χ0v) is 10.2. The van der Waals surface area contributed by atoms with E-state index in [-0.39, 0.29) is 0 Å². The van der Waals surface area contributed by atoms with E-state index in [1.807, 2.05) is 0 Å². The van der Waals surface area contributed by atoms with Crippen LogP contribution >= 0.6 is 0 Å². The average molecular weight is 223 g/mol. The minimum Gasteiger partial charge on any atom is -0.378 e. The summed E-state index contributed by atoms with van der Waals surface area (Å²) in [6.07, 6.45) is 11.2. The molecule has 2 heteroatoms. The van der Waals surface area contributed by atoms with Gasteiger partial charge in [-0.3, -0.25) is 0 Å². The fourth-order valence-electron chi connectivity index (χ4n) is 3.80. The molecule has 3 fully saturated rings. The summed E-state index contributed by atoms with van der Waals surface area (Å²) in [6, 6.07) is 0.481. The van der Waals surface area contributed by atoms with Crippen LogP contribution in [0.3, 0.4) is 0 Å². The van der Waals surface area contributed by atoms with Crippen molar-refractivity contribution in [3.63, 3.8) is 0 Å². The van der Waals surface area contributed by atoms with Crippen LogP contribution in [-0.4, -0.2) is 18.8 Å². The van der Waals surface area contributed by atoms with Crippen LogP contribution in [0.1, 0.15) is 51.4 Å². The molecule has 16 heavy (non-hydrogen) atoms. The molecule has 0 aromatic heterocycles. The fourth-order valence-corrected chi connectivity index (χ4v) is 3.80. The third-order valence-corrected chi connectivity index (χ3v) is 4.97. The van der Waals surface area contributed by atoms with E-state index in [0.717, 1.165) is 24.4 Å². The van der Waals surface area contributed by atoms with Crippen molar-refractivity contribution in [1.29, 1.82) is 0 Å². The minimum atomic E-state index is 0.481. The summed E-state index contributed by atoms with van der Waals surface area (Å²) in [5, 5.41) is 0. The van der Waals surface area contributed by atoms with Crippen LogP contribution in [0.4, 0.5) is 0 Å². The minimum absolute atomic E-state index is 0.481. The molecular formula is C14H25NO. The topological polar surface area (TPSA) is 35.2 Å². The summed E-state index contributed by atoms with van der Waals surface area (Å²) in [7, 11) is 0. The Kier molecular flexibility index (Phi) is 3.21. The molecule has 0 bridgehead atoms. The van der Waals surface area contributed by atoms with E-state index < -0.39 is 0 Å². The second-order valence-electron chi connectivity index (χ2n) is 6.22. The van der Waals surface area contributed by atoms with Crippen LogP contribution in [0.15, 0.2) is 0 Å². The van der Waals surface area contributed by atoms with Gasteiger partial charge in [0.05, 0.1) is 6.10 Å². The van der Waals surface area contributed by atoms with Crippen molar-refractivity contribution in [2.75, 3.05) is 6.61 Å². The summed E-state index contributed by atoms with van der Waals surface area (Å²) < 4.78 is 5.64. The van der Waals surface area contributed by atoms with Crippen molar-refractivity contribution in [1.82, 2.24) is 0 Å². The first-order valence-corrected chi connectivity index (χ1v) is 7.20. The molecule has 92 valence electrons. The standard InChI is InChI=1S/C14H25NO/c15-14(12-8-10-7-11(10)9-12)5-1-3-13-4-2-6-16-13/h10-14H,1-9,15H2. The Hall–Kier alpha value is -0.0800. The third kappa shape index (κ3) is 2.43. The van der Waals surface area contributed by atoms with E-state index in [4.69, 9.17) is 10.5 Å². The highest BCUT2D eigenvalue weighted by atomic mass is 16.5. The first-order valence-electron chi connectivity index (χ1n) is 7.20. The van der Waals surface area contributed by atoms with Gasteiger partial charge in [0.1, 0.15) is 0 Å². The van der Waals surface area contributed by atoms with Crippen molar-refractivity contribution in [2.24, 2.45) is 23.5 Å². The van der Waals surface area contributed by atoms with Gasteiger partial charge >= 0.3 is 0 Å². The monoisotopic (exact) mass is 223 g/mol. The van der Waals surface area contributed by atoms with Crippen molar-refractivity contribution >= 4 is 0 Å². The van der Waals surface area contributed by atoms with Crippen LogP contribution in [0.5, 0.6) is 0 Å². The molecule has 0 spiro atoms. The van der Waals surface area contributed by atoms with E-state index >= 15 is 0 Å². The molecular weight excluding hydrogens is 198 g/mol. The average Bonchev–Trinajstić information content (AvgIpc) is 2.72. The maximum absolute atomic E-state index is 6.31. The molecule has 1 saturated heterocycles. The van der Waals surface area contributed by atoms with E-state index in [9.17, 15) is 0 Å². The van der Waals surface area contributed by atoms with E-state index in [2.05, 4.69) is 0 Å². The number of hydrogen-bond donors (Lipinski definition) is 1. The quantitative estimate of drug-likeness (QED) is 0.778. The molecule has 0 amide bonds. The summed E-state index contributed by atoms with van der Waals surface area (Å²) in [5.41, 5.74) is 6.31. The molecule has 3 rings (SSSR count). The van der Waals surface area contributed by atoms with Crippen LogP contribution in [0.2, 0.25) is 0 Å². The zero-order chi connectivity index (χ0) is 11.0. The van der Waals surface area contributed by atoms with Crippen LogP contribution < -0.4 is 5.73 Å². The predicted molar refractivity (Wildman–Crippen MR) is 65.1 cm³/mol. The molecule has 0 aromatic carbocycles. The third-order valence-electron chi connectivity index (χ3n) is 4.97. The van der Waals surface area contributed by atoms with Crippen molar-refractivity contribution < 1.29 is 4.74 Å². The molecule has 0 aromatic rings. The summed E-state index contributed by atoms with van der Waals surface area (Å²) in [6.45, 7) is 0.989.